The van der Waals surface area contributed by atoms with Crippen LogP contribution in [0.25, 0.3) is 60.5 Å². The summed E-state index contributed by atoms with van der Waals surface area (Å²) in [5.41, 5.74) is 19.2. The molecule has 1 saturated carbocycles. The number of benzene rings is 7. The van der Waals surface area contributed by atoms with Gasteiger partial charge in [-0.15, -0.1) is 0 Å². The van der Waals surface area contributed by atoms with Crippen LogP contribution in [0.2, 0.25) is 0 Å². The number of rotatable bonds is 7. The molecule has 0 spiro atoms. The van der Waals surface area contributed by atoms with Gasteiger partial charge >= 0.3 is 0 Å². The van der Waals surface area contributed by atoms with Gasteiger partial charge in [0.1, 0.15) is 11.2 Å². The first-order valence-electron chi connectivity index (χ1n) is 22.3. The number of anilines is 3. The normalized spacial score (nSPS) is 16.7. The molecule has 0 amide bonds. The Morgan fingerprint density at radius 2 is 1.31 bits per heavy atom. The van der Waals surface area contributed by atoms with Crippen LogP contribution < -0.4 is 4.90 Å². The van der Waals surface area contributed by atoms with Crippen molar-refractivity contribution in [3.8, 4) is 22.3 Å². The van der Waals surface area contributed by atoms with Crippen LogP contribution in [0, 0.1) is 0 Å². The number of para-hydroxylation sites is 1. The van der Waals surface area contributed by atoms with Gasteiger partial charge in [-0.1, -0.05) is 157 Å². The van der Waals surface area contributed by atoms with Crippen LogP contribution in [0.3, 0.4) is 0 Å². The highest BCUT2D eigenvalue weighted by molar-refractivity contribution is 6.08. The van der Waals surface area contributed by atoms with Gasteiger partial charge in [0.05, 0.1) is 5.69 Å². The Morgan fingerprint density at radius 1 is 0.607 bits per heavy atom. The zero-order chi connectivity index (χ0) is 41.6. The third-order valence-corrected chi connectivity index (χ3v) is 14.5. The van der Waals surface area contributed by atoms with Crippen molar-refractivity contribution >= 4 is 55.3 Å². The van der Waals surface area contributed by atoms with Crippen molar-refractivity contribution in [1.29, 1.82) is 0 Å². The predicted molar refractivity (Wildman–Crippen MR) is 260 cm³/mol. The molecule has 0 saturated heterocycles. The third-order valence-electron chi connectivity index (χ3n) is 14.5. The summed E-state index contributed by atoms with van der Waals surface area (Å²) in [5.74, 6) is 0.551. The molecule has 7 aromatic carbocycles. The molecular formula is C59H53NO. The number of hydrogen-bond donors (Lipinski definition) is 0. The van der Waals surface area contributed by atoms with Crippen molar-refractivity contribution in [2.45, 2.75) is 83.5 Å². The SMILES string of the molecule is C=CC1=C(/C=C\C)C(C)(C)c2cc(N(c3ccc4c(c3)oc3c(C5CCCCC5)cccc34)c3cc4ccccc4cc3-c3ccc4c(c3)C(C)(C)c3ccccc3-4)ccc21. The summed E-state index contributed by atoms with van der Waals surface area (Å²) >= 11 is 0. The molecule has 3 aliphatic carbocycles. The van der Waals surface area contributed by atoms with E-state index in [1.165, 1.54) is 115 Å². The van der Waals surface area contributed by atoms with Crippen LogP contribution in [-0.4, -0.2) is 0 Å². The second kappa shape index (κ2) is 14.1. The van der Waals surface area contributed by atoms with E-state index in [0.29, 0.717) is 5.92 Å². The summed E-state index contributed by atoms with van der Waals surface area (Å²) in [7, 11) is 0. The minimum Gasteiger partial charge on any atom is -0.456 e. The topological polar surface area (TPSA) is 16.4 Å². The molecule has 1 aromatic heterocycles. The molecule has 0 bridgehead atoms. The number of hydrogen-bond acceptors (Lipinski definition) is 2. The molecule has 0 N–H and O–H groups in total. The lowest BCUT2D eigenvalue weighted by molar-refractivity contribution is 0.442. The minimum atomic E-state index is -0.210. The van der Waals surface area contributed by atoms with E-state index in [1.54, 1.807) is 0 Å². The van der Waals surface area contributed by atoms with E-state index in [2.05, 4.69) is 192 Å². The highest BCUT2D eigenvalue weighted by atomic mass is 16.3. The van der Waals surface area contributed by atoms with E-state index >= 15 is 0 Å². The van der Waals surface area contributed by atoms with E-state index < -0.39 is 0 Å². The standard InChI is InChI=1S/C59H53NO/c1-7-17-51-43(8-2)46-30-27-41(35-54(46)58(51,3)4)60(42-28-31-48-49-24-16-23-44(37-18-10-9-11-19-37)57(49)61-56(48)36-42)55-34-39-21-13-12-20-38(39)32-50(55)40-26-29-47-45-22-14-15-25-52(45)59(5,6)53(47)33-40/h7-8,12-17,20-37H,2,9-11,18-19H2,1,3-6H3/b17-7-. The number of fused-ring (bicyclic) bond motifs is 8. The van der Waals surface area contributed by atoms with Gasteiger partial charge < -0.3 is 9.32 Å². The zero-order valence-electron chi connectivity index (χ0n) is 36.1. The average molecular weight is 792 g/mol. The molecule has 2 nitrogen and oxygen atoms in total. The second-order valence-corrected chi connectivity index (χ2v) is 18.7. The monoisotopic (exact) mass is 791 g/mol. The summed E-state index contributed by atoms with van der Waals surface area (Å²) in [6.07, 6.45) is 12.8. The fraction of sp³-hybridized carbons (Fsp3) is 0.220. The highest BCUT2D eigenvalue weighted by Gasteiger charge is 2.38. The maximum atomic E-state index is 7.01. The Hall–Kier alpha value is -6.38. The van der Waals surface area contributed by atoms with Crippen LogP contribution in [0.4, 0.5) is 17.1 Å². The number of furan rings is 1. The van der Waals surface area contributed by atoms with Gasteiger partial charge in [0, 0.05) is 44.6 Å². The Labute approximate surface area is 360 Å². The Morgan fingerprint density at radius 3 is 2.11 bits per heavy atom. The zero-order valence-corrected chi connectivity index (χ0v) is 36.1. The molecule has 1 heterocycles. The highest BCUT2D eigenvalue weighted by Crippen LogP contribution is 2.53. The fourth-order valence-corrected chi connectivity index (χ4v) is 11.4. The lowest BCUT2D eigenvalue weighted by Crippen LogP contribution is -2.18. The Balaban J connectivity index is 1.16. The lowest BCUT2D eigenvalue weighted by atomic mass is 9.80. The summed E-state index contributed by atoms with van der Waals surface area (Å²) in [6, 6.07) is 50.4. The largest absolute Gasteiger partial charge is 0.456 e. The molecule has 0 atom stereocenters. The molecule has 300 valence electrons. The predicted octanol–water partition coefficient (Wildman–Crippen LogP) is 17.0. The van der Waals surface area contributed by atoms with E-state index in [1.807, 2.05) is 6.08 Å². The first kappa shape index (κ1) is 37.6. The van der Waals surface area contributed by atoms with Crippen LogP contribution >= 0.6 is 0 Å². The summed E-state index contributed by atoms with van der Waals surface area (Å²) < 4.78 is 7.01. The average Bonchev–Trinajstić information content (AvgIpc) is 3.85. The van der Waals surface area contributed by atoms with E-state index in [0.717, 1.165) is 28.2 Å². The quantitative estimate of drug-likeness (QED) is 0.160. The van der Waals surface area contributed by atoms with Crippen LogP contribution in [-0.2, 0) is 10.8 Å². The molecule has 11 rings (SSSR count). The van der Waals surface area contributed by atoms with Crippen molar-refractivity contribution in [3.63, 3.8) is 0 Å². The Kier molecular flexibility index (Phi) is 8.69. The molecule has 61 heavy (non-hydrogen) atoms. The number of nitrogens with zero attached hydrogens (tertiary/aromatic N) is 1. The van der Waals surface area contributed by atoms with Crippen LogP contribution in [0.1, 0.15) is 100 Å². The van der Waals surface area contributed by atoms with Gasteiger partial charge in [-0.25, -0.2) is 0 Å². The molecule has 1 fully saturated rings. The van der Waals surface area contributed by atoms with Gasteiger partial charge in [0.15, 0.2) is 0 Å². The maximum Gasteiger partial charge on any atom is 0.138 e. The van der Waals surface area contributed by atoms with Crippen molar-refractivity contribution in [3.05, 3.63) is 192 Å². The second-order valence-electron chi connectivity index (χ2n) is 18.7. The van der Waals surface area contributed by atoms with Crippen molar-refractivity contribution in [1.82, 2.24) is 0 Å². The summed E-state index contributed by atoms with van der Waals surface area (Å²) in [5, 5.41) is 4.80. The first-order chi connectivity index (χ1) is 29.7. The molecular weight excluding hydrogens is 739 g/mol. The van der Waals surface area contributed by atoms with Crippen molar-refractivity contribution < 1.29 is 4.42 Å². The van der Waals surface area contributed by atoms with Crippen molar-refractivity contribution in [2.24, 2.45) is 0 Å². The Bertz CT molecular complexity index is 3160. The molecule has 0 aliphatic heterocycles. The van der Waals surface area contributed by atoms with Gasteiger partial charge in [0.2, 0.25) is 0 Å². The summed E-state index contributed by atoms with van der Waals surface area (Å²) in [6.45, 7) is 15.8. The smallest absolute Gasteiger partial charge is 0.138 e. The molecule has 3 aliphatic rings. The summed E-state index contributed by atoms with van der Waals surface area (Å²) in [4.78, 5) is 2.49. The van der Waals surface area contributed by atoms with Gasteiger partial charge in [-0.05, 0) is 135 Å². The number of allylic oxidation sites excluding steroid dienone is 5. The third kappa shape index (κ3) is 5.75. The van der Waals surface area contributed by atoms with Crippen LogP contribution in [0.15, 0.2) is 168 Å². The first-order valence-corrected chi connectivity index (χ1v) is 22.3. The molecule has 0 unspecified atom stereocenters. The van der Waals surface area contributed by atoms with Gasteiger partial charge in [-0.2, -0.15) is 0 Å². The van der Waals surface area contributed by atoms with E-state index in [9.17, 15) is 0 Å². The van der Waals surface area contributed by atoms with Crippen molar-refractivity contribution in [2.75, 3.05) is 4.90 Å². The van der Waals surface area contributed by atoms with E-state index in [-0.39, 0.29) is 10.8 Å². The van der Waals surface area contributed by atoms with Gasteiger partial charge in [0.25, 0.3) is 0 Å². The maximum absolute atomic E-state index is 7.01. The minimum absolute atomic E-state index is 0.118. The molecule has 2 heteroatoms. The fourth-order valence-electron chi connectivity index (χ4n) is 11.4. The van der Waals surface area contributed by atoms with Crippen LogP contribution in [0.5, 0.6) is 0 Å². The molecule has 0 radical (unpaired) electrons. The van der Waals surface area contributed by atoms with E-state index in [4.69, 9.17) is 4.42 Å². The molecule has 8 aromatic rings. The van der Waals surface area contributed by atoms with Gasteiger partial charge in [-0.3, -0.25) is 0 Å². The lowest BCUT2D eigenvalue weighted by Gasteiger charge is -2.31.